The Morgan fingerprint density at radius 1 is 1.67 bits per heavy atom. The molecule has 0 aromatic heterocycles. The number of nitriles is 1. The molecule has 0 aromatic rings. The molecule has 4 nitrogen and oxygen atoms in total. The molecule has 1 aliphatic rings. The Balaban J connectivity index is 2.48. The van der Waals surface area contributed by atoms with Crippen LogP contribution in [-0.4, -0.2) is 25.2 Å². The molecular formula is C11H18N2O2. The number of hydrogen-bond acceptors (Lipinski definition) is 3. The largest absolute Gasteiger partial charge is 0.381 e. The van der Waals surface area contributed by atoms with Gasteiger partial charge in [0.1, 0.15) is 5.41 Å². The Morgan fingerprint density at radius 3 is 2.80 bits per heavy atom. The molecule has 15 heavy (non-hydrogen) atoms. The lowest BCUT2D eigenvalue weighted by atomic mass is 9.92. The number of nitrogens with zero attached hydrogens (tertiary/aromatic N) is 1. The van der Waals surface area contributed by atoms with Gasteiger partial charge in [0.05, 0.1) is 12.7 Å². The zero-order chi connectivity index (χ0) is 11.5. The van der Waals surface area contributed by atoms with Gasteiger partial charge in [-0.25, -0.2) is 0 Å². The summed E-state index contributed by atoms with van der Waals surface area (Å²) in [6, 6.07) is 2.07. The monoisotopic (exact) mass is 210 g/mol. The molecule has 2 unspecified atom stereocenters. The van der Waals surface area contributed by atoms with Gasteiger partial charge in [-0.15, -0.1) is 0 Å². The lowest BCUT2D eigenvalue weighted by Crippen LogP contribution is -2.44. The van der Waals surface area contributed by atoms with Gasteiger partial charge in [-0.2, -0.15) is 5.26 Å². The van der Waals surface area contributed by atoms with E-state index in [2.05, 4.69) is 5.32 Å². The van der Waals surface area contributed by atoms with Crippen molar-refractivity contribution in [2.75, 3.05) is 13.2 Å². The van der Waals surface area contributed by atoms with E-state index in [0.717, 1.165) is 13.0 Å². The average Bonchev–Trinajstić information content (AvgIpc) is 2.70. The van der Waals surface area contributed by atoms with Gasteiger partial charge in [0.2, 0.25) is 5.91 Å². The van der Waals surface area contributed by atoms with Crippen molar-refractivity contribution in [2.24, 2.45) is 11.3 Å². The van der Waals surface area contributed by atoms with Crippen LogP contribution in [0.5, 0.6) is 0 Å². The Hall–Kier alpha value is -1.08. The van der Waals surface area contributed by atoms with E-state index in [0.29, 0.717) is 12.5 Å². The van der Waals surface area contributed by atoms with Crippen molar-refractivity contribution >= 4 is 5.91 Å². The minimum absolute atomic E-state index is 0.0765. The van der Waals surface area contributed by atoms with Crippen LogP contribution in [0.1, 0.15) is 27.2 Å². The number of carbonyl (C=O) groups excluding carboxylic acids is 1. The van der Waals surface area contributed by atoms with Gasteiger partial charge >= 0.3 is 0 Å². The Labute approximate surface area is 90.6 Å². The highest BCUT2D eigenvalue weighted by Gasteiger charge is 2.31. The molecule has 1 aliphatic heterocycles. The molecular weight excluding hydrogens is 192 g/mol. The van der Waals surface area contributed by atoms with Crippen LogP contribution in [0.2, 0.25) is 0 Å². The summed E-state index contributed by atoms with van der Waals surface area (Å²) in [6.45, 7) is 6.69. The Kier molecular flexibility index (Phi) is 3.70. The van der Waals surface area contributed by atoms with Crippen LogP contribution in [-0.2, 0) is 9.53 Å². The molecule has 0 radical (unpaired) electrons. The highest BCUT2D eigenvalue weighted by Crippen LogP contribution is 2.19. The van der Waals surface area contributed by atoms with Gasteiger partial charge < -0.3 is 10.1 Å². The van der Waals surface area contributed by atoms with Crippen LogP contribution in [0.4, 0.5) is 0 Å². The summed E-state index contributed by atoms with van der Waals surface area (Å²) in [5, 5.41) is 11.7. The highest BCUT2D eigenvalue weighted by atomic mass is 16.5. The highest BCUT2D eigenvalue weighted by molar-refractivity contribution is 5.84. The molecule has 2 atom stereocenters. The van der Waals surface area contributed by atoms with E-state index in [9.17, 15) is 4.79 Å². The third kappa shape index (κ3) is 2.93. The van der Waals surface area contributed by atoms with Crippen LogP contribution in [0.3, 0.4) is 0 Å². The molecule has 0 aromatic carbocycles. The minimum Gasteiger partial charge on any atom is -0.381 e. The first-order valence-electron chi connectivity index (χ1n) is 5.27. The first kappa shape index (κ1) is 12.0. The topological polar surface area (TPSA) is 62.1 Å². The fourth-order valence-corrected chi connectivity index (χ4v) is 1.50. The predicted molar refractivity (Wildman–Crippen MR) is 55.9 cm³/mol. The van der Waals surface area contributed by atoms with Gasteiger partial charge in [-0.1, -0.05) is 0 Å². The molecule has 84 valence electrons. The van der Waals surface area contributed by atoms with Gasteiger partial charge in [0.15, 0.2) is 0 Å². The summed E-state index contributed by atoms with van der Waals surface area (Å²) in [5.41, 5.74) is -0.951. The standard InChI is InChI=1S/C11H18N2O2/c1-8(9-4-5-15-6-9)13-10(14)11(2,3)7-12/h8-9H,4-6H2,1-3H3,(H,13,14). The average molecular weight is 210 g/mol. The van der Waals surface area contributed by atoms with E-state index < -0.39 is 5.41 Å². The van der Waals surface area contributed by atoms with Gasteiger partial charge in [0, 0.05) is 18.6 Å². The number of ether oxygens (including phenoxy) is 1. The molecule has 1 fully saturated rings. The molecule has 1 saturated heterocycles. The first-order chi connectivity index (χ1) is 6.97. The van der Waals surface area contributed by atoms with Crippen LogP contribution in [0.15, 0.2) is 0 Å². The summed E-state index contributed by atoms with van der Waals surface area (Å²) in [5.74, 6) is 0.174. The van der Waals surface area contributed by atoms with Crippen molar-refractivity contribution in [3.8, 4) is 6.07 Å². The lowest BCUT2D eigenvalue weighted by Gasteiger charge is -2.23. The molecule has 0 bridgehead atoms. The van der Waals surface area contributed by atoms with Crippen LogP contribution < -0.4 is 5.32 Å². The van der Waals surface area contributed by atoms with Crippen molar-refractivity contribution < 1.29 is 9.53 Å². The number of rotatable bonds is 3. The summed E-state index contributed by atoms with van der Waals surface area (Å²) < 4.78 is 5.26. The number of amides is 1. The number of hydrogen-bond donors (Lipinski definition) is 1. The van der Waals surface area contributed by atoms with Crippen molar-refractivity contribution in [1.29, 1.82) is 5.26 Å². The van der Waals surface area contributed by atoms with Crippen molar-refractivity contribution in [1.82, 2.24) is 5.32 Å². The van der Waals surface area contributed by atoms with E-state index in [1.807, 2.05) is 13.0 Å². The summed E-state index contributed by atoms with van der Waals surface area (Å²) >= 11 is 0. The molecule has 1 rings (SSSR count). The van der Waals surface area contributed by atoms with E-state index >= 15 is 0 Å². The third-order valence-electron chi connectivity index (χ3n) is 2.88. The second-order valence-electron chi connectivity index (χ2n) is 4.62. The van der Waals surface area contributed by atoms with Crippen LogP contribution >= 0.6 is 0 Å². The summed E-state index contributed by atoms with van der Waals surface area (Å²) in [4.78, 5) is 11.7. The fraction of sp³-hybridized carbons (Fsp3) is 0.818. The third-order valence-corrected chi connectivity index (χ3v) is 2.88. The molecule has 0 spiro atoms. The van der Waals surface area contributed by atoms with Gasteiger partial charge in [-0.3, -0.25) is 4.79 Å². The maximum absolute atomic E-state index is 11.7. The molecule has 1 heterocycles. The quantitative estimate of drug-likeness (QED) is 0.758. The first-order valence-corrected chi connectivity index (χ1v) is 5.27. The fourth-order valence-electron chi connectivity index (χ4n) is 1.50. The maximum atomic E-state index is 11.7. The van der Waals surface area contributed by atoms with Crippen molar-refractivity contribution in [3.05, 3.63) is 0 Å². The lowest BCUT2D eigenvalue weighted by molar-refractivity contribution is -0.127. The minimum atomic E-state index is -0.951. The summed E-state index contributed by atoms with van der Waals surface area (Å²) in [7, 11) is 0. The SMILES string of the molecule is CC(NC(=O)C(C)(C)C#N)C1CCOC1. The molecule has 1 amide bonds. The predicted octanol–water partition coefficient (Wildman–Crippen LogP) is 1.08. The van der Waals surface area contributed by atoms with Crippen molar-refractivity contribution in [3.63, 3.8) is 0 Å². The Morgan fingerprint density at radius 2 is 2.33 bits per heavy atom. The number of nitrogens with one attached hydrogen (secondary N) is 1. The molecule has 4 heteroatoms. The zero-order valence-electron chi connectivity index (χ0n) is 9.54. The zero-order valence-corrected chi connectivity index (χ0v) is 9.54. The molecule has 0 saturated carbocycles. The van der Waals surface area contributed by atoms with Crippen LogP contribution in [0, 0.1) is 22.7 Å². The van der Waals surface area contributed by atoms with E-state index in [1.54, 1.807) is 13.8 Å². The second kappa shape index (κ2) is 4.63. The van der Waals surface area contributed by atoms with Crippen LogP contribution in [0.25, 0.3) is 0 Å². The normalized spacial score (nSPS) is 23.2. The van der Waals surface area contributed by atoms with E-state index in [4.69, 9.17) is 10.00 Å². The molecule has 1 N–H and O–H groups in total. The summed E-state index contributed by atoms with van der Waals surface area (Å²) in [6.07, 6.45) is 0.981. The molecule has 0 aliphatic carbocycles. The maximum Gasteiger partial charge on any atom is 0.240 e. The van der Waals surface area contributed by atoms with E-state index in [-0.39, 0.29) is 11.9 Å². The van der Waals surface area contributed by atoms with Gasteiger partial charge in [0.25, 0.3) is 0 Å². The van der Waals surface area contributed by atoms with Gasteiger partial charge in [-0.05, 0) is 27.2 Å². The smallest absolute Gasteiger partial charge is 0.240 e. The van der Waals surface area contributed by atoms with Crippen molar-refractivity contribution in [2.45, 2.75) is 33.2 Å². The van der Waals surface area contributed by atoms with E-state index in [1.165, 1.54) is 0 Å². The second-order valence-corrected chi connectivity index (χ2v) is 4.62. The number of carbonyl (C=O) groups is 1. The Bertz CT molecular complexity index is 275.